The van der Waals surface area contributed by atoms with Gasteiger partial charge < -0.3 is 4.74 Å². The normalized spacial score (nSPS) is 12.0. The molecule has 2 N–H and O–H groups in total. The van der Waals surface area contributed by atoms with Gasteiger partial charge in [-0.3, -0.25) is 9.82 Å². The number of aromatic amines is 1. The number of H-pyrrole nitrogens is 1. The molecule has 0 atom stereocenters. The van der Waals surface area contributed by atoms with Gasteiger partial charge in [-0.05, 0) is 24.3 Å². The first-order chi connectivity index (χ1) is 15.2. The van der Waals surface area contributed by atoms with E-state index in [4.69, 9.17) is 4.74 Å². The van der Waals surface area contributed by atoms with Gasteiger partial charge in [-0.25, -0.2) is 12.8 Å². The van der Waals surface area contributed by atoms with Crippen molar-refractivity contribution in [2.75, 3.05) is 4.72 Å². The fraction of sp³-hybridized carbons (Fsp3) is 0.0556. The minimum absolute atomic E-state index is 0.00748. The third-order valence-electron chi connectivity index (χ3n) is 4.10. The third-order valence-corrected chi connectivity index (χ3v) is 6.17. The highest BCUT2D eigenvalue weighted by Gasteiger charge is 2.40. The number of anilines is 1. The molecule has 4 rings (SSSR count). The number of nitrogens with one attached hydrogen (secondary N) is 2. The van der Waals surface area contributed by atoms with Crippen LogP contribution in [-0.4, -0.2) is 28.8 Å². The molecule has 8 nitrogen and oxygen atoms in total. The Morgan fingerprint density at radius 3 is 2.47 bits per heavy atom. The molecule has 2 aromatic carbocycles. The van der Waals surface area contributed by atoms with Gasteiger partial charge >= 0.3 is 6.18 Å². The van der Waals surface area contributed by atoms with E-state index in [9.17, 15) is 21.6 Å². The second-order valence-electron chi connectivity index (χ2n) is 6.17. The molecule has 4 aromatic rings. The molecule has 0 spiro atoms. The topological polar surface area (TPSA) is 110 Å². The van der Waals surface area contributed by atoms with Crippen molar-refractivity contribution < 1.29 is 30.7 Å². The molecular weight excluding hydrogens is 474 g/mol. The number of halogens is 4. The average molecular weight is 485 g/mol. The predicted molar refractivity (Wildman–Crippen MR) is 106 cm³/mol. The van der Waals surface area contributed by atoms with Crippen molar-refractivity contribution in [2.45, 2.75) is 11.1 Å². The van der Waals surface area contributed by atoms with E-state index in [1.807, 2.05) is 4.72 Å². The van der Waals surface area contributed by atoms with Gasteiger partial charge in [-0.15, -0.1) is 10.2 Å². The van der Waals surface area contributed by atoms with Crippen molar-refractivity contribution >= 4 is 26.5 Å². The number of para-hydroxylation sites is 1. The first-order valence-corrected chi connectivity index (χ1v) is 11.0. The fourth-order valence-electron chi connectivity index (χ4n) is 2.78. The summed E-state index contributed by atoms with van der Waals surface area (Å²) in [5.74, 6) is -2.47. The van der Waals surface area contributed by atoms with Crippen molar-refractivity contribution in [3.05, 3.63) is 65.6 Å². The average Bonchev–Trinajstić information content (AvgIpc) is 3.43. The molecule has 0 fully saturated rings. The maximum Gasteiger partial charge on any atom is 0.417 e. The Hall–Kier alpha value is -3.52. The zero-order chi connectivity index (χ0) is 22.9. The van der Waals surface area contributed by atoms with Gasteiger partial charge in [0, 0.05) is 6.20 Å². The molecule has 0 radical (unpaired) electrons. The van der Waals surface area contributed by atoms with E-state index in [0.717, 1.165) is 11.3 Å². The lowest BCUT2D eigenvalue weighted by Gasteiger charge is -2.19. The second-order valence-corrected chi connectivity index (χ2v) is 8.66. The summed E-state index contributed by atoms with van der Waals surface area (Å²) in [5.41, 5.74) is -1.19. The largest absolute Gasteiger partial charge is 0.454 e. The van der Waals surface area contributed by atoms with Crippen molar-refractivity contribution in [1.82, 2.24) is 20.4 Å². The highest BCUT2D eigenvalue weighted by molar-refractivity contribution is 7.93. The van der Waals surface area contributed by atoms with Crippen LogP contribution < -0.4 is 9.46 Å². The van der Waals surface area contributed by atoms with Crippen LogP contribution in [0, 0.1) is 5.82 Å². The summed E-state index contributed by atoms with van der Waals surface area (Å²) in [4.78, 5) is -1.27. The number of aromatic nitrogens is 4. The lowest BCUT2D eigenvalue weighted by atomic mass is 10.0. The van der Waals surface area contributed by atoms with E-state index in [0.29, 0.717) is 0 Å². The van der Waals surface area contributed by atoms with Crippen molar-refractivity contribution in [3.63, 3.8) is 0 Å². The Morgan fingerprint density at radius 1 is 1.12 bits per heavy atom. The Morgan fingerprint density at radius 2 is 1.88 bits per heavy atom. The monoisotopic (exact) mass is 485 g/mol. The van der Waals surface area contributed by atoms with Gasteiger partial charge in [0.2, 0.25) is 5.13 Å². The molecule has 0 saturated carbocycles. The number of ether oxygens (including phenoxy) is 1. The molecule has 32 heavy (non-hydrogen) atoms. The lowest BCUT2D eigenvalue weighted by molar-refractivity contribution is -0.137. The van der Waals surface area contributed by atoms with Crippen LogP contribution in [0.2, 0.25) is 0 Å². The highest BCUT2D eigenvalue weighted by Crippen LogP contribution is 2.46. The van der Waals surface area contributed by atoms with Crippen molar-refractivity contribution in [1.29, 1.82) is 0 Å². The van der Waals surface area contributed by atoms with Gasteiger partial charge in [0.25, 0.3) is 10.0 Å². The summed E-state index contributed by atoms with van der Waals surface area (Å²) < 4.78 is 90.3. The zero-order valence-electron chi connectivity index (χ0n) is 15.6. The van der Waals surface area contributed by atoms with Crippen LogP contribution in [0.15, 0.2) is 59.1 Å². The summed E-state index contributed by atoms with van der Waals surface area (Å²) >= 11 is 0.766. The molecule has 2 aromatic heterocycles. The highest BCUT2D eigenvalue weighted by atomic mass is 32.2. The molecule has 0 aliphatic rings. The third kappa shape index (κ3) is 4.27. The Bertz CT molecular complexity index is 1330. The quantitative estimate of drug-likeness (QED) is 0.384. The Balaban J connectivity index is 1.99. The number of hydrogen-bond acceptors (Lipinski definition) is 7. The number of hydrogen-bond donors (Lipinski definition) is 2. The molecule has 14 heteroatoms. The molecule has 2 heterocycles. The molecule has 0 aliphatic carbocycles. The van der Waals surface area contributed by atoms with Crippen LogP contribution in [-0.2, 0) is 16.2 Å². The minimum atomic E-state index is -5.06. The molecule has 0 amide bonds. The van der Waals surface area contributed by atoms with Gasteiger partial charge in [-0.2, -0.15) is 18.3 Å². The number of benzene rings is 2. The Labute approximate surface area is 181 Å². The molecule has 166 valence electrons. The maximum atomic E-state index is 15.5. The summed E-state index contributed by atoms with van der Waals surface area (Å²) in [6, 6.07) is 8.79. The van der Waals surface area contributed by atoms with E-state index in [1.54, 1.807) is 6.07 Å². The van der Waals surface area contributed by atoms with Crippen LogP contribution in [0.3, 0.4) is 0 Å². The molecule has 0 saturated heterocycles. The molecule has 0 aliphatic heterocycles. The van der Waals surface area contributed by atoms with Crippen LogP contribution in [0.1, 0.15) is 5.56 Å². The van der Waals surface area contributed by atoms with Crippen molar-refractivity contribution in [3.8, 4) is 22.8 Å². The van der Waals surface area contributed by atoms with Gasteiger partial charge in [0.1, 0.15) is 16.2 Å². The maximum absolute atomic E-state index is 15.5. The minimum Gasteiger partial charge on any atom is -0.454 e. The number of rotatable bonds is 6. The zero-order valence-corrected chi connectivity index (χ0v) is 17.2. The molecular formula is C18H11F4N5O3S2. The Kier molecular flexibility index (Phi) is 5.56. The summed E-state index contributed by atoms with van der Waals surface area (Å²) in [5, 5.41) is 12.6. The van der Waals surface area contributed by atoms with Gasteiger partial charge in [0.05, 0.1) is 16.8 Å². The van der Waals surface area contributed by atoms with Crippen LogP contribution in [0.5, 0.6) is 11.5 Å². The summed E-state index contributed by atoms with van der Waals surface area (Å²) in [6.45, 7) is 0. The van der Waals surface area contributed by atoms with Crippen molar-refractivity contribution in [2.24, 2.45) is 0 Å². The molecule has 0 unspecified atom stereocenters. The van der Waals surface area contributed by atoms with E-state index in [2.05, 4.69) is 20.4 Å². The van der Waals surface area contributed by atoms with E-state index < -0.39 is 43.8 Å². The standard InChI is InChI=1S/C18H11F4N5O3S2/c19-15-13(32(28,29)27-17-26-24-9-31-17)8-11(18(20,21)22)14(12-6-7-23-25-12)16(15)30-10-4-2-1-3-5-10/h1-9H,(H,23,25)(H,26,27). The van der Waals surface area contributed by atoms with E-state index >= 15 is 4.39 Å². The fourth-order valence-corrected chi connectivity index (χ4v) is 4.57. The van der Waals surface area contributed by atoms with Crippen LogP contribution >= 0.6 is 11.3 Å². The van der Waals surface area contributed by atoms with E-state index in [-0.39, 0.29) is 22.6 Å². The SMILES string of the molecule is O=S(=O)(Nc1nncs1)c1cc(C(F)(F)F)c(-c2ccn[nH]2)c(Oc2ccccc2)c1F. The first kappa shape index (κ1) is 21.7. The van der Waals surface area contributed by atoms with Crippen LogP contribution in [0.4, 0.5) is 22.7 Å². The van der Waals surface area contributed by atoms with Gasteiger partial charge in [-0.1, -0.05) is 29.5 Å². The van der Waals surface area contributed by atoms with Gasteiger partial charge in [0.15, 0.2) is 11.6 Å². The lowest BCUT2D eigenvalue weighted by Crippen LogP contribution is -2.18. The van der Waals surface area contributed by atoms with Crippen LogP contribution in [0.25, 0.3) is 11.3 Å². The predicted octanol–water partition coefficient (Wildman–Crippen LogP) is 4.68. The number of nitrogens with zero attached hydrogens (tertiary/aromatic N) is 3. The molecule has 0 bridgehead atoms. The number of alkyl halides is 3. The number of sulfonamides is 1. The summed E-state index contributed by atoms with van der Waals surface area (Å²) in [7, 11) is -4.82. The van der Waals surface area contributed by atoms with E-state index in [1.165, 1.54) is 42.0 Å². The summed E-state index contributed by atoms with van der Waals surface area (Å²) in [6.07, 6.45) is -3.89. The second kappa shape index (κ2) is 8.20. The smallest absolute Gasteiger partial charge is 0.417 e. The first-order valence-electron chi connectivity index (χ1n) is 8.62.